The highest BCUT2D eigenvalue weighted by Gasteiger charge is 2.09. The number of benzene rings is 1. The number of aliphatic hydroxyl groups is 1. The third-order valence-corrected chi connectivity index (χ3v) is 3.24. The Morgan fingerprint density at radius 3 is 2.65 bits per heavy atom. The Labute approximate surface area is 105 Å². The molecule has 0 saturated heterocycles. The SMILES string of the molecule is COCCCCC(CO)Cc1ccccc1C. The normalized spacial score (nSPS) is 12.6. The van der Waals surface area contributed by atoms with E-state index < -0.39 is 0 Å². The molecule has 1 rings (SSSR count). The molecule has 0 aliphatic rings. The van der Waals surface area contributed by atoms with E-state index in [1.165, 1.54) is 11.1 Å². The monoisotopic (exact) mass is 236 g/mol. The van der Waals surface area contributed by atoms with Crippen LogP contribution in [0.4, 0.5) is 0 Å². The summed E-state index contributed by atoms with van der Waals surface area (Å²) in [5.41, 5.74) is 2.68. The quantitative estimate of drug-likeness (QED) is 0.703. The second-order valence-electron chi connectivity index (χ2n) is 4.67. The summed E-state index contributed by atoms with van der Waals surface area (Å²) in [6, 6.07) is 8.43. The summed E-state index contributed by atoms with van der Waals surface area (Å²) in [7, 11) is 1.73. The zero-order valence-electron chi connectivity index (χ0n) is 11.0. The third-order valence-electron chi connectivity index (χ3n) is 3.24. The van der Waals surface area contributed by atoms with Crippen LogP contribution < -0.4 is 0 Å². The minimum Gasteiger partial charge on any atom is -0.396 e. The van der Waals surface area contributed by atoms with Gasteiger partial charge in [-0.3, -0.25) is 0 Å². The van der Waals surface area contributed by atoms with Crippen LogP contribution >= 0.6 is 0 Å². The Morgan fingerprint density at radius 1 is 1.24 bits per heavy atom. The van der Waals surface area contributed by atoms with E-state index >= 15 is 0 Å². The molecule has 0 aromatic heterocycles. The Morgan fingerprint density at radius 2 is 2.00 bits per heavy atom. The highest BCUT2D eigenvalue weighted by molar-refractivity contribution is 5.25. The van der Waals surface area contributed by atoms with E-state index in [0.717, 1.165) is 32.3 Å². The number of rotatable bonds is 8. The number of ether oxygens (including phenoxy) is 1. The summed E-state index contributed by atoms with van der Waals surface area (Å²) < 4.78 is 5.03. The first-order valence-corrected chi connectivity index (χ1v) is 6.42. The van der Waals surface area contributed by atoms with E-state index in [2.05, 4.69) is 31.2 Å². The fraction of sp³-hybridized carbons (Fsp3) is 0.600. The molecule has 1 unspecified atom stereocenters. The molecule has 0 fully saturated rings. The van der Waals surface area contributed by atoms with Crippen LogP contribution in [0.25, 0.3) is 0 Å². The number of unbranched alkanes of at least 4 members (excludes halogenated alkanes) is 1. The van der Waals surface area contributed by atoms with Gasteiger partial charge in [0.15, 0.2) is 0 Å². The number of hydrogen-bond donors (Lipinski definition) is 1. The van der Waals surface area contributed by atoms with Gasteiger partial charge in [0.05, 0.1) is 0 Å². The lowest BCUT2D eigenvalue weighted by atomic mass is 9.93. The molecule has 0 amide bonds. The lowest BCUT2D eigenvalue weighted by Crippen LogP contribution is -2.10. The Bertz CT molecular complexity index is 310. The van der Waals surface area contributed by atoms with Crippen molar-refractivity contribution in [3.63, 3.8) is 0 Å². The number of aryl methyl sites for hydroxylation is 1. The van der Waals surface area contributed by atoms with Gasteiger partial charge in [0.2, 0.25) is 0 Å². The topological polar surface area (TPSA) is 29.5 Å². The first-order chi connectivity index (χ1) is 8.27. The second-order valence-corrected chi connectivity index (χ2v) is 4.67. The predicted molar refractivity (Wildman–Crippen MR) is 71.2 cm³/mol. The molecule has 17 heavy (non-hydrogen) atoms. The third kappa shape index (κ3) is 5.33. The largest absolute Gasteiger partial charge is 0.396 e. The molecule has 0 aliphatic heterocycles. The van der Waals surface area contributed by atoms with E-state index in [1.807, 2.05) is 0 Å². The number of hydrogen-bond acceptors (Lipinski definition) is 2. The predicted octanol–water partition coefficient (Wildman–Crippen LogP) is 2.96. The Balaban J connectivity index is 2.38. The molecular formula is C15H24O2. The summed E-state index contributed by atoms with van der Waals surface area (Å²) in [5, 5.41) is 9.40. The highest BCUT2D eigenvalue weighted by atomic mass is 16.5. The van der Waals surface area contributed by atoms with E-state index in [1.54, 1.807) is 7.11 Å². The fourth-order valence-corrected chi connectivity index (χ4v) is 2.09. The van der Waals surface area contributed by atoms with Crippen LogP contribution in [-0.2, 0) is 11.2 Å². The van der Waals surface area contributed by atoms with Crippen molar-refractivity contribution >= 4 is 0 Å². The maximum Gasteiger partial charge on any atom is 0.0462 e. The van der Waals surface area contributed by atoms with Crippen molar-refractivity contribution in [3.8, 4) is 0 Å². The van der Waals surface area contributed by atoms with Gasteiger partial charge in [-0.2, -0.15) is 0 Å². The average Bonchev–Trinajstić information content (AvgIpc) is 2.35. The van der Waals surface area contributed by atoms with Crippen molar-refractivity contribution in [2.45, 2.75) is 32.6 Å². The summed E-state index contributed by atoms with van der Waals surface area (Å²) in [6.45, 7) is 3.23. The second kappa shape index (κ2) is 8.26. The smallest absolute Gasteiger partial charge is 0.0462 e. The van der Waals surface area contributed by atoms with Crippen molar-refractivity contribution in [2.75, 3.05) is 20.3 Å². The van der Waals surface area contributed by atoms with Crippen molar-refractivity contribution < 1.29 is 9.84 Å². The molecule has 0 heterocycles. The minimum absolute atomic E-state index is 0.279. The summed E-state index contributed by atoms with van der Waals surface area (Å²) in [4.78, 5) is 0. The molecule has 1 atom stereocenters. The number of methoxy groups -OCH3 is 1. The van der Waals surface area contributed by atoms with Crippen LogP contribution in [0.2, 0.25) is 0 Å². The lowest BCUT2D eigenvalue weighted by molar-refractivity contribution is 0.181. The molecular weight excluding hydrogens is 212 g/mol. The highest BCUT2D eigenvalue weighted by Crippen LogP contribution is 2.17. The molecule has 0 bridgehead atoms. The lowest BCUT2D eigenvalue weighted by Gasteiger charge is -2.15. The van der Waals surface area contributed by atoms with Crippen LogP contribution in [0.3, 0.4) is 0 Å². The van der Waals surface area contributed by atoms with Gasteiger partial charge < -0.3 is 9.84 Å². The Hall–Kier alpha value is -0.860. The van der Waals surface area contributed by atoms with Gasteiger partial charge in [-0.25, -0.2) is 0 Å². The molecule has 2 nitrogen and oxygen atoms in total. The zero-order chi connectivity index (χ0) is 12.5. The van der Waals surface area contributed by atoms with Gasteiger partial charge in [0.1, 0.15) is 0 Å². The van der Waals surface area contributed by atoms with Gasteiger partial charge in [0.25, 0.3) is 0 Å². The standard InChI is InChI=1S/C15H24O2/c1-13-7-3-4-9-15(13)11-14(12-16)8-5-6-10-17-2/h3-4,7,9,14,16H,5-6,8,10-12H2,1-2H3. The fourth-order valence-electron chi connectivity index (χ4n) is 2.09. The van der Waals surface area contributed by atoms with Crippen LogP contribution in [0, 0.1) is 12.8 Å². The molecule has 0 radical (unpaired) electrons. The summed E-state index contributed by atoms with van der Waals surface area (Å²) >= 11 is 0. The molecule has 1 aromatic rings. The van der Waals surface area contributed by atoms with Gasteiger partial charge >= 0.3 is 0 Å². The molecule has 0 spiro atoms. The average molecular weight is 236 g/mol. The molecule has 1 aromatic carbocycles. The molecule has 2 heteroatoms. The van der Waals surface area contributed by atoms with Crippen molar-refractivity contribution in [2.24, 2.45) is 5.92 Å². The first-order valence-electron chi connectivity index (χ1n) is 6.42. The van der Waals surface area contributed by atoms with Crippen molar-refractivity contribution in [1.82, 2.24) is 0 Å². The van der Waals surface area contributed by atoms with Crippen molar-refractivity contribution in [1.29, 1.82) is 0 Å². The van der Waals surface area contributed by atoms with E-state index in [-0.39, 0.29) is 6.61 Å². The molecule has 1 N–H and O–H groups in total. The Kier molecular flexibility index (Phi) is 6.90. The maximum atomic E-state index is 9.40. The molecule has 0 saturated carbocycles. The van der Waals surface area contributed by atoms with Crippen LogP contribution in [0.15, 0.2) is 24.3 Å². The van der Waals surface area contributed by atoms with Crippen LogP contribution in [0.1, 0.15) is 30.4 Å². The van der Waals surface area contributed by atoms with Crippen molar-refractivity contribution in [3.05, 3.63) is 35.4 Å². The van der Waals surface area contributed by atoms with Crippen LogP contribution in [0.5, 0.6) is 0 Å². The molecule has 96 valence electrons. The molecule has 0 aliphatic carbocycles. The first kappa shape index (κ1) is 14.2. The van der Waals surface area contributed by atoms with Gasteiger partial charge in [-0.15, -0.1) is 0 Å². The summed E-state index contributed by atoms with van der Waals surface area (Å²) in [5.74, 6) is 0.382. The minimum atomic E-state index is 0.279. The van der Waals surface area contributed by atoms with E-state index in [0.29, 0.717) is 5.92 Å². The van der Waals surface area contributed by atoms with Gasteiger partial charge in [-0.1, -0.05) is 30.7 Å². The van der Waals surface area contributed by atoms with Gasteiger partial charge in [-0.05, 0) is 43.2 Å². The maximum absolute atomic E-state index is 9.40. The van der Waals surface area contributed by atoms with E-state index in [9.17, 15) is 5.11 Å². The zero-order valence-corrected chi connectivity index (χ0v) is 11.0. The van der Waals surface area contributed by atoms with E-state index in [4.69, 9.17) is 4.74 Å². The van der Waals surface area contributed by atoms with Crippen LogP contribution in [-0.4, -0.2) is 25.4 Å². The summed E-state index contributed by atoms with van der Waals surface area (Å²) in [6.07, 6.45) is 4.27. The number of aliphatic hydroxyl groups excluding tert-OH is 1. The van der Waals surface area contributed by atoms with Gasteiger partial charge in [0, 0.05) is 20.3 Å².